The van der Waals surface area contributed by atoms with E-state index in [2.05, 4.69) is 0 Å². The van der Waals surface area contributed by atoms with E-state index in [-0.39, 0.29) is 12.5 Å². The number of nitrogens with zero attached hydrogens (tertiary/aromatic N) is 1. The number of carbonyl (C=O) groups excluding carboxylic acids is 1. The molecule has 0 N–H and O–H groups in total. The van der Waals surface area contributed by atoms with E-state index in [0.717, 1.165) is 17.4 Å². The minimum absolute atomic E-state index is 0.0434. The zero-order valence-corrected chi connectivity index (χ0v) is 16.1. The highest BCUT2D eigenvalue weighted by Crippen LogP contribution is 2.32. The summed E-state index contributed by atoms with van der Waals surface area (Å²) in [6.45, 7) is 6.07. The summed E-state index contributed by atoms with van der Waals surface area (Å²) in [5.74, 6) is 0.384. The Bertz CT molecular complexity index is 738. The van der Waals surface area contributed by atoms with Gasteiger partial charge in [-0.15, -0.1) is 0 Å². The first-order chi connectivity index (χ1) is 11.5. The molecule has 0 saturated carbocycles. The molecular formula is C17H25NO6S. The summed E-state index contributed by atoms with van der Waals surface area (Å²) < 4.78 is 38.4. The van der Waals surface area contributed by atoms with E-state index in [1.165, 1.54) is 0 Å². The van der Waals surface area contributed by atoms with Gasteiger partial charge in [-0.05, 0) is 44.0 Å². The average molecular weight is 371 g/mol. The molecule has 1 amide bonds. The van der Waals surface area contributed by atoms with Crippen LogP contribution in [0.5, 0.6) is 5.75 Å². The number of benzene rings is 1. The van der Waals surface area contributed by atoms with Crippen molar-refractivity contribution in [2.75, 3.05) is 26.5 Å². The molecule has 0 aliphatic carbocycles. The Balaban J connectivity index is 2.28. The fraction of sp³-hybridized carbons (Fsp3) is 0.588. The second kappa shape index (κ2) is 7.21. The summed E-state index contributed by atoms with van der Waals surface area (Å²) in [5.41, 5.74) is 1.23. The van der Waals surface area contributed by atoms with Crippen LogP contribution in [0.1, 0.15) is 37.8 Å². The van der Waals surface area contributed by atoms with E-state index in [9.17, 15) is 13.2 Å². The molecule has 0 radical (unpaired) electrons. The van der Waals surface area contributed by atoms with Crippen molar-refractivity contribution in [2.24, 2.45) is 0 Å². The van der Waals surface area contributed by atoms with Gasteiger partial charge in [-0.25, -0.2) is 4.79 Å². The Kier molecular flexibility index (Phi) is 5.63. The first-order valence-corrected chi connectivity index (χ1v) is 9.79. The van der Waals surface area contributed by atoms with Crippen LogP contribution < -0.4 is 4.74 Å². The molecule has 0 saturated heterocycles. The Morgan fingerprint density at radius 2 is 2.00 bits per heavy atom. The molecule has 1 heterocycles. The summed E-state index contributed by atoms with van der Waals surface area (Å²) in [6.07, 6.45) is 0.576. The highest BCUT2D eigenvalue weighted by atomic mass is 32.2. The van der Waals surface area contributed by atoms with Crippen LogP contribution in [0, 0.1) is 0 Å². The maximum absolute atomic E-state index is 12.4. The first-order valence-electron chi connectivity index (χ1n) is 7.97. The van der Waals surface area contributed by atoms with Gasteiger partial charge in [0.15, 0.2) is 0 Å². The van der Waals surface area contributed by atoms with E-state index in [1.807, 2.05) is 18.2 Å². The third kappa shape index (κ3) is 5.61. The van der Waals surface area contributed by atoms with E-state index in [0.29, 0.717) is 18.8 Å². The number of carbonyl (C=O) groups is 1. The third-order valence-electron chi connectivity index (χ3n) is 3.73. The predicted molar refractivity (Wildman–Crippen MR) is 93.2 cm³/mol. The quantitative estimate of drug-likeness (QED) is 0.757. The summed E-state index contributed by atoms with van der Waals surface area (Å²) in [7, 11) is -2.01. The Labute approximate surface area is 149 Å². The van der Waals surface area contributed by atoms with Gasteiger partial charge in [0.2, 0.25) is 0 Å². The van der Waals surface area contributed by atoms with Crippen molar-refractivity contribution in [2.45, 2.75) is 38.8 Å². The number of fused-ring (bicyclic) bond motifs is 1. The topological polar surface area (TPSA) is 82.1 Å². The maximum atomic E-state index is 12.4. The van der Waals surface area contributed by atoms with Gasteiger partial charge in [0.1, 0.15) is 11.4 Å². The summed E-state index contributed by atoms with van der Waals surface area (Å²) in [4.78, 5) is 14.0. The highest BCUT2D eigenvalue weighted by molar-refractivity contribution is 7.85. The Hall–Kier alpha value is -1.80. The SMILES string of the molecule is COc1ccc2c(c1)C(COS(C)(=O)=O)CN(C(=O)OC(C)(C)C)C2. The lowest BCUT2D eigenvalue weighted by Gasteiger charge is -2.35. The monoisotopic (exact) mass is 371 g/mol. The number of hydrogen-bond donors (Lipinski definition) is 0. The molecule has 0 fully saturated rings. The van der Waals surface area contributed by atoms with Crippen LogP contribution in [0.4, 0.5) is 4.79 Å². The van der Waals surface area contributed by atoms with Gasteiger partial charge >= 0.3 is 6.09 Å². The zero-order chi connectivity index (χ0) is 18.8. The first kappa shape index (κ1) is 19.5. The number of ether oxygens (including phenoxy) is 2. The van der Waals surface area contributed by atoms with Crippen LogP contribution in [0.25, 0.3) is 0 Å². The number of amides is 1. The van der Waals surface area contributed by atoms with E-state index < -0.39 is 21.8 Å². The van der Waals surface area contributed by atoms with Gasteiger partial charge in [0.25, 0.3) is 10.1 Å². The number of methoxy groups -OCH3 is 1. The third-order valence-corrected chi connectivity index (χ3v) is 4.29. The highest BCUT2D eigenvalue weighted by Gasteiger charge is 2.32. The predicted octanol–water partition coefficient (Wildman–Crippen LogP) is 2.51. The van der Waals surface area contributed by atoms with E-state index in [4.69, 9.17) is 13.7 Å². The summed E-state index contributed by atoms with van der Waals surface area (Å²) in [5, 5.41) is 0. The van der Waals surface area contributed by atoms with Crippen molar-refractivity contribution in [1.82, 2.24) is 4.90 Å². The molecule has 8 heteroatoms. The van der Waals surface area contributed by atoms with Crippen LogP contribution >= 0.6 is 0 Å². The minimum Gasteiger partial charge on any atom is -0.497 e. The van der Waals surface area contributed by atoms with Gasteiger partial charge in [-0.3, -0.25) is 4.18 Å². The average Bonchev–Trinajstić information content (AvgIpc) is 2.49. The molecule has 1 aliphatic heterocycles. The molecule has 140 valence electrons. The molecule has 1 atom stereocenters. The van der Waals surface area contributed by atoms with E-state index >= 15 is 0 Å². The molecule has 1 aromatic carbocycles. The van der Waals surface area contributed by atoms with Crippen molar-refractivity contribution in [3.63, 3.8) is 0 Å². The van der Waals surface area contributed by atoms with Crippen molar-refractivity contribution in [3.05, 3.63) is 29.3 Å². The van der Waals surface area contributed by atoms with Crippen molar-refractivity contribution in [1.29, 1.82) is 0 Å². The van der Waals surface area contributed by atoms with E-state index in [1.54, 1.807) is 32.8 Å². The molecule has 1 aliphatic rings. The molecule has 0 aromatic heterocycles. The molecule has 0 bridgehead atoms. The number of rotatable bonds is 4. The molecule has 25 heavy (non-hydrogen) atoms. The Morgan fingerprint density at radius 3 is 2.56 bits per heavy atom. The minimum atomic E-state index is -3.57. The fourth-order valence-electron chi connectivity index (χ4n) is 2.67. The molecule has 0 spiro atoms. The largest absolute Gasteiger partial charge is 0.497 e. The van der Waals surface area contributed by atoms with Gasteiger partial charge in [-0.1, -0.05) is 6.07 Å². The van der Waals surface area contributed by atoms with Crippen LogP contribution in [0.3, 0.4) is 0 Å². The molecule has 7 nitrogen and oxygen atoms in total. The van der Waals surface area contributed by atoms with Gasteiger partial charge in [0, 0.05) is 19.0 Å². The molecule has 1 aromatic rings. The smallest absolute Gasteiger partial charge is 0.410 e. The van der Waals surface area contributed by atoms with Gasteiger partial charge in [-0.2, -0.15) is 8.42 Å². The normalized spacial score (nSPS) is 17.8. The lowest BCUT2D eigenvalue weighted by atomic mass is 9.90. The van der Waals surface area contributed by atoms with Crippen LogP contribution in [-0.2, 0) is 25.6 Å². The maximum Gasteiger partial charge on any atom is 0.410 e. The van der Waals surface area contributed by atoms with Crippen LogP contribution in [-0.4, -0.2) is 51.5 Å². The van der Waals surface area contributed by atoms with Crippen LogP contribution in [0.15, 0.2) is 18.2 Å². The van der Waals surface area contributed by atoms with Crippen LogP contribution in [0.2, 0.25) is 0 Å². The molecule has 2 rings (SSSR count). The van der Waals surface area contributed by atoms with Crippen molar-refractivity contribution < 1.29 is 26.9 Å². The Morgan fingerprint density at radius 1 is 1.32 bits per heavy atom. The van der Waals surface area contributed by atoms with Crippen molar-refractivity contribution >= 4 is 16.2 Å². The van der Waals surface area contributed by atoms with Gasteiger partial charge in [0.05, 0.1) is 20.0 Å². The van der Waals surface area contributed by atoms with Gasteiger partial charge < -0.3 is 14.4 Å². The summed E-state index contributed by atoms with van der Waals surface area (Å²) in [6, 6.07) is 5.54. The van der Waals surface area contributed by atoms with Crippen molar-refractivity contribution in [3.8, 4) is 5.75 Å². The second-order valence-corrected chi connectivity index (χ2v) is 8.76. The fourth-order valence-corrected chi connectivity index (χ4v) is 3.08. The molecule has 1 unspecified atom stereocenters. The zero-order valence-electron chi connectivity index (χ0n) is 15.2. The lowest BCUT2D eigenvalue weighted by molar-refractivity contribution is 0.0195. The molecular weight excluding hydrogens is 346 g/mol. The number of hydrogen-bond acceptors (Lipinski definition) is 6. The standard InChI is InChI=1S/C17H25NO6S/c1-17(2,3)24-16(19)18-9-12-6-7-14(22-4)8-15(12)13(10-18)11-23-25(5,20)21/h6-8,13H,9-11H2,1-5H3. The lowest BCUT2D eigenvalue weighted by Crippen LogP contribution is -2.42. The summed E-state index contributed by atoms with van der Waals surface area (Å²) >= 11 is 0. The second-order valence-electron chi connectivity index (χ2n) is 7.11.